The largest absolute Gasteiger partial charge is 0.0914 e. The zero-order valence-corrected chi connectivity index (χ0v) is 7.72. The third kappa shape index (κ3) is 9.74. The molecule has 0 spiro atoms. The summed E-state index contributed by atoms with van der Waals surface area (Å²) >= 11 is 0. The predicted octanol–water partition coefficient (Wildman–Crippen LogP) is 4.91. The first kappa shape index (κ1) is 17.7. The average molecular weight is 172 g/mol. The minimum atomic E-state index is 0. The van der Waals surface area contributed by atoms with Gasteiger partial charge in [-0.05, 0) is 31.6 Å². The Labute approximate surface area is 80.1 Å². The van der Waals surface area contributed by atoms with Crippen molar-refractivity contribution in [2.45, 2.75) is 55.4 Å². The Morgan fingerprint density at radius 2 is 1.67 bits per heavy atom. The third-order valence-electron chi connectivity index (χ3n) is 1.76. The van der Waals surface area contributed by atoms with E-state index in [1.165, 1.54) is 12.8 Å². The minimum Gasteiger partial charge on any atom is -0.0914 e. The fraction of sp³-hybridized carbons (Fsp3) is 0.833. The zero-order valence-electron chi connectivity index (χ0n) is 7.72. The molecule has 0 aliphatic heterocycles. The Balaban J connectivity index is -0.000000405. The molecule has 0 nitrogen and oxygen atoms in total. The van der Waals surface area contributed by atoms with Crippen LogP contribution in [0.2, 0.25) is 0 Å². The van der Waals surface area contributed by atoms with Crippen molar-refractivity contribution >= 4 is 0 Å². The molecule has 0 N–H and O–H groups in total. The first-order chi connectivity index (χ1) is 4.70. The van der Waals surface area contributed by atoms with Gasteiger partial charge in [-0.1, -0.05) is 47.8 Å². The van der Waals surface area contributed by atoms with Crippen molar-refractivity contribution in [2.75, 3.05) is 0 Å². The molecule has 0 bridgehead atoms. The van der Waals surface area contributed by atoms with Crippen LogP contribution >= 0.6 is 0 Å². The van der Waals surface area contributed by atoms with E-state index < -0.39 is 0 Å². The van der Waals surface area contributed by atoms with Gasteiger partial charge in [-0.2, -0.15) is 0 Å². The lowest BCUT2D eigenvalue weighted by molar-refractivity contribution is 0.465. The lowest BCUT2D eigenvalue weighted by atomic mass is 9.95. The summed E-state index contributed by atoms with van der Waals surface area (Å²) < 4.78 is 0. The van der Waals surface area contributed by atoms with Crippen LogP contribution in [-0.2, 0) is 0 Å². The predicted molar refractivity (Wildman–Crippen MR) is 61.5 cm³/mol. The second kappa shape index (κ2) is 10.7. The molecule has 0 saturated carbocycles. The van der Waals surface area contributed by atoms with Gasteiger partial charge >= 0.3 is 0 Å². The summed E-state index contributed by atoms with van der Waals surface area (Å²) in [6.07, 6.45) is 7.10. The van der Waals surface area contributed by atoms with Crippen LogP contribution in [0.4, 0.5) is 0 Å². The molecular formula is C12H28. The highest BCUT2D eigenvalue weighted by Crippen LogP contribution is 2.15. The van der Waals surface area contributed by atoms with Crippen molar-refractivity contribution in [1.29, 1.82) is 0 Å². The standard InChI is InChI=1S/C10H20.2CH4/c1-5-7-10(6-2)8-9(3)4;;/h5,7,9-10H,6,8H2,1-4H3;2*1H4. The van der Waals surface area contributed by atoms with E-state index in [1.54, 1.807) is 0 Å². The van der Waals surface area contributed by atoms with Crippen LogP contribution in [0.25, 0.3) is 0 Å². The van der Waals surface area contributed by atoms with Gasteiger partial charge in [0.1, 0.15) is 0 Å². The number of hydrogen-bond donors (Lipinski definition) is 0. The molecule has 0 aliphatic carbocycles. The number of hydrogen-bond acceptors (Lipinski definition) is 0. The van der Waals surface area contributed by atoms with E-state index >= 15 is 0 Å². The fourth-order valence-corrected chi connectivity index (χ4v) is 1.26. The summed E-state index contributed by atoms with van der Waals surface area (Å²) in [6.45, 7) is 8.92. The van der Waals surface area contributed by atoms with E-state index in [-0.39, 0.29) is 14.9 Å². The van der Waals surface area contributed by atoms with Crippen LogP contribution in [0, 0.1) is 11.8 Å². The van der Waals surface area contributed by atoms with E-state index in [0.717, 1.165) is 11.8 Å². The van der Waals surface area contributed by atoms with Gasteiger partial charge in [-0.25, -0.2) is 0 Å². The monoisotopic (exact) mass is 172 g/mol. The molecule has 0 aromatic carbocycles. The van der Waals surface area contributed by atoms with Crippen molar-refractivity contribution in [1.82, 2.24) is 0 Å². The Bertz CT molecular complexity index is 90.2. The molecule has 0 aromatic rings. The molecule has 0 radical (unpaired) electrons. The molecule has 0 rings (SSSR count). The summed E-state index contributed by atoms with van der Waals surface area (Å²) in [6, 6.07) is 0. The van der Waals surface area contributed by atoms with Gasteiger partial charge < -0.3 is 0 Å². The van der Waals surface area contributed by atoms with Crippen molar-refractivity contribution < 1.29 is 0 Å². The van der Waals surface area contributed by atoms with E-state index in [1.807, 2.05) is 0 Å². The highest BCUT2D eigenvalue weighted by molar-refractivity contribution is 4.85. The van der Waals surface area contributed by atoms with Gasteiger partial charge in [0.05, 0.1) is 0 Å². The van der Waals surface area contributed by atoms with E-state index in [0.29, 0.717) is 0 Å². The van der Waals surface area contributed by atoms with Crippen molar-refractivity contribution in [3.63, 3.8) is 0 Å². The first-order valence-corrected chi connectivity index (χ1v) is 4.33. The first-order valence-electron chi connectivity index (χ1n) is 4.33. The second-order valence-corrected chi connectivity index (χ2v) is 3.32. The lowest BCUT2D eigenvalue weighted by Gasteiger charge is -2.11. The molecule has 76 valence electrons. The van der Waals surface area contributed by atoms with E-state index in [4.69, 9.17) is 0 Å². The second-order valence-electron chi connectivity index (χ2n) is 3.32. The van der Waals surface area contributed by atoms with Crippen LogP contribution in [-0.4, -0.2) is 0 Å². The van der Waals surface area contributed by atoms with Crippen molar-refractivity contribution in [3.05, 3.63) is 12.2 Å². The maximum Gasteiger partial charge on any atom is -0.0234 e. The third-order valence-corrected chi connectivity index (χ3v) is 1.76. The molecule has 1 unspecified atom stereocenters. The Morgan fingerprint density at radius 3 is 1.92 bits per heavy atom. The molecule has 0 heteroatoms. The van der Waals surface area contributed by atoms with Crippen molar-refractivity contribution in [2.24, 2.45) is 11.8 Å². The van der Waals surface area contributed by atoms with Gasteiger partial charge in [0.2, 0.25) is 0 Å². The topological polar surface area (TPSA) is 0 Å². The molecule has 0 fully saturated rings. The molecule has 0 saturated heterocycles. The molecule has 0 heterocycles. The summed E-state index contributed by atoms with van der Waals surface area (Å²) in [7, 11) is 0. The normalized spacial score (nSPS) is 12.4. The number of allylic oxidation sites excluding steroid dienone is 2. The molecule has 1 atom stereocenters. The quantitative estimate of drug-likeness (QED) is 0.529. The van der Waals surface area contributed by atoms with Crippen LogP contribution in [0.5, 0.6) is 0 Å². The van der Waals surface area contributed by atoms with Crippen LogP contribution < -0.4 is 0 Å². The number of rotatable bonds is 4. The fourth-order valence-electron chi connectivity index (χ4n) is 1.26. The summed E-state index contributed by atoms with van der Waals surface area (Å²) in [5.41, 5.74) is 0. The lowest BCUT2D eigenvalue weighted by Crippen LogP contribution is -1.99. The Kier molecular flexibility index (Phi) is 15.9. The molecule has 0 aliphatic rings. The van der Waals surface area contributed by atoms with E-state index in [9.17, 15) is 0 Å². The van der Waals surface area contributed by atoms with Crippen LogP contribution in [0.3, 0.4) is 0 Å². The molecule has 0 aromatic heterocycles. The minimum absolute atomic E-state index is 0. The summed E-state index contributed by atoms with van der Waals surface area (Å²) in [4.78, 5) is 0. The Morgan fingerprint density at radius 1 is 1.17 bits per heavy atom. The van der Waals surface area contributed by atoms with E-state index in [2.05, 4.69) is 39.8 Å². The van der Waals surface area contributed by atoms with Crippen molar-refractivity contribution in [3.8, 4) is 0 Å². The smallest absolute Gasteiger partial charge is 0.0234 e. The Hall–Kier alpha value is -0.260. The van der Waals surface area contributed by atoms with Gasteiger partial charge in [0.25, 0.3) is 0 Å². The molecule has 12 heavy (non-hydrogen) atoms. The summed E-state index contributed by atoms with van der Waals surface area (Å²) in [5, 5.41) is 0. The summed E-state index contributed by atoms with van der Waals surface area (Å²) in [5.74, 6) is 1.64. The average Bonchev–Trinajstić information content (AvgIpc) is 1.86. The highest BCUT2D eigenvalue weighted by Gasteiger charge is 2.03. The van der Waals surface area contributed by atoms with Crippen LogP contribution in [0.1, 0.15) is 55.4 Å². The molecule has 0 amide bonds. The molecular weight excluding hydrogens is 144 g/mol. The van der Waals surface area contributed by atoms with Gasteiger partial charge in [-0.3, -0.25) is 0 Å². The van der Waals surface area contributed by atoms with Gasteiger partial charge in [0.15, 0.2) is 0 Å². The maximum absolute atomic E-state index is 2.32. The highest BCUT2D eigenvalue weighted by atomic mass is 14.1. The SMILES string of the molecule is C.C.CC=CC(CC)CC(C)C. The van der Waals surface area contributed by atoms with Gasteiger partial charge in [0, 0.05) is 0 Å². The maximum atomic E-state index is 2.32. The zero-order chi connectivity index (χ0) is 7.98. The van der Waals surface area contributed by atoms with Crippen LogP contribution in [0.15, 0.2) is 12.2 Å². The van der Waals surface area contributed by atoms with Gasteiger partial charge in [-0.15, -0.1) is 0 Å².